The van der Waals surface area contributed by atoms with Crippen LogP contribution in [-0.4, -0.2) is 65.6 Å². The third-order valence-electron chi connectivity index (χ3n) is 3.74. The number of rotatable bonds is 4. The number of hydrogen-bond donors (Lipinski definition) is 1. The summed E-state index contributed by atoms with van der Waals surface area (Å²) in [7, 11) is 3.98. The SMILES string of the molecule is CN(C)[C@@H]1CN(C(=O)Cc2cccnc2)C[C@H]1CO. The molecule has 0 saturated carbocycles. The van der Waals surface area contributed by atoms with E-state index in [0.29, 0.717) is 19.5 Å². The number of carbonyl (C=O) groups excluding carboxylic acids is 1. The highest BCUT2D eigenvalue weighted by Gasteiger charge is 2.35. The van der Waals surface area contributed by atoms with E-state index in [2.05, 4.69) is 9.88 Å². The maximum Gasteiger partial charge on any atom is 0.227 e. The first-order valence-electron chi connectivity index (χ1n) is 6.55. The van der Waals surface area contributed by atoms with E-state index in [-0.39, 0.29) is 24.5 Å². The number of carbonyl (C=O) groups is 1. The lowest BCUT2D eigenvalue weighted by atomic mass is 10.0. The summed E-state index contributed by atoms with van der Waals surface area (Å²) in [6.07, 6.45) is 3.81. The van der Waals surface area contributed by atoms with Crippen molar-refractivity contribution in [1.82, 2.24) is 14.8 Å². The number of aromatic nitrogens is 1. The molecule has 19 heavy (non-hydrogen) atoms. The minimum Gasteiger partial charge on any atom is -0.396 e. The zero-order valence-electron chi connectivity index (χ0n) is 11.5. The minimum atomic E-state index is 0.107. The molecule has 1 aliphatic heterocycles. The Morgan fingerprint density at radius 1 is 1.53 bits per heavy atom. The van der Waals surface area contributed by atoms with Gasteiger partial charge in [0.2, 0.25) is 5.91 Å². The number of nitrogens with zero attached hydrogens (tertiary/aromatic N) is 3. The molecule has 5 heteroatoms. The molecule has 5 nitrogen and oxygen atoms in total. The molecule has 104 valence electrons. The van der Waals surface area contributed by atoms with E-state index in [1.54, 1.807) is 12.4 Å². The van der Waals surface area contributed by atoms with Gasteiger partial charge in [-0.25, -0.2) is 0 Å². The molecule has 1 fully saturated rings. The second-order valence-electron chi connectivity index (χ2n) is 5.31. The fourth-order valence-corrected chi connectivity index (χ4v) is 2.61. The molecule has 1 saturated heterocycles. The lowest BCUT2D eigenvalue weighted by molar-refractivity contribution is -0.129. The van der Waals surface area contributed by atoms with Crippen LogP contribution >= 0.6 is 0 Å². The van der Waals surface area contributed by atoms with Gasteiger partial charge >= 0.3 is 0 Å². The van der Waals surface area contributed by atoms with Crippen molar-refractivity contribution in [3.63, 3.8) is 0 Å². The highest BCUT2D eigenvalue weighted by molar-refractivity contribution is 5.79. The monoisotopic (exact) mass is 263 g/mol. The van der Waals surface area contributed by atoms with Gasteiger partial charge in [0, 0.05) is 44.0 Å². The van der Waals surface area contributed by atoms with Gasteiger partial charge in [0.15, 0.2) is 0 Å². The fourth-order valence-electron chi connectivity index (χ4n) is 2.61. The van der Waals surface area contributed by atoms with Crippen molar-refractivity contribution in [3.8, 4) is 0 Å². The Kier molecular flexibility index (Phi) is 4.50. The van der Waals surface area contributed by atoms with Crippen LogP contribution in [-0.2, 0) is 11.2 Å². The summed E-state index contributed by atoms with van der Waals surface area (Å²) in [5.74, 6) is 0.253. The zero-order valence-corrected chi connectivity index (χ0v) is 11.5. The van der Waals surface area contributed by atoms with Gasteiger partial charge in [0.25, 0.3) is 0 Å². The van der Waals surface area contributed by atoms with Crippen LogP contribution in [0.4, 0.5) is 0 Å². The number of likely N-dealkylation sites (N-methyl/N-ethyl adjacent to an activating group) is 1. The van der Waals surface area contributed by atoms with Gasteiger partial charge in [-0.1, -0.05) is 6.07 Å². The van der Waals surface area contributed by atoms with Gasteiger partial charge in [0.1, 0.15) is 0 Å². The van der Waals surface area contributed by atoms with Crippen molar-refractivity contribution in [2.24, 2.45) is 5.92 Å². The average Bonchev–Trinajstić information content (AvgIpc) is 2.84. The van der Waals surface area contributed by atoms with Crippen LogP contribution in [0.3, 0.4) is 0 Å². The lowest BCUT2D eigenvalue weighted by Gasteiger charge is -2.23. The van der Waals surface area contributed by atoms with Crippen molar-refractivity contribution in [2.45, 2.75) is 12.5 Å². The molecular weight excluding hydrogens is 242 g/mol. The number of pyridine rings is 1. The van der Waals surface area contributed by atoms with E-state index in [4.69, 9.17) is 0 Å². The van der Waals surface area contributed by atoms with Crippen molar-refractivity contribution in [3.05, 3.63) is 30.1 Å². The molecule has 0 aliphatic carbocycles. The topological polar surface area (TPSA) is 56.7 Å². The maximum atomic E-state index is 12.2. The Balaban J connectivity index is 1.98. The first-order chi connectivity index (χ1) is 9.11. The van der Waals surface area contributed by atoms with Crippen LogP contribution in [0, 0.1) is 5.92 Å². The zero-order chi connectivity index (χ0) is 13.8. The van der Waals surface area contributed by atoms with Crippen LogP contribution in [0.5, 0.6) is 0 Å². The largest absolute Gasteiger partial charge is 0.396 e. The van der Waals surface area contributed by atoms with Gasteiger partial charge in [-0.15, -0.1) is 0 Å². The summed E-state index contributed by atoms with van der Waals surface area (Å²) in [6, 6.07) is 3.99. The van der Waals surface area contributed by atoms with E-state index < -0.39 is 0 Å². The second kappa shape index (κ2) is 6.12. The van der Waals surface area contributed by atoms with Crippen LogP contribution in [0.2, 0.25) is 0 Å². The summed E-state index contributed by atoms with van der Waals surface area (Å²) in [6.45, 7) is 1.45. The molecule has 2 rings (SSSR count). The molecule has 1 aliphatic rings. The molecule has 1 N–H and O–H groups in total. The molecule has 2 heterocycles. The molecule has 2 atom stereocenters. The predicted octanol–water partition coefficient (Wildman–Crippen LogP) is 0.00500. The molecule has 1 aromatic heterocycles. The van der Waals surface area contributed by atoms with Crippen LogP contribution in [0.1, 0.15) is 5.56 Å². The first-order valence-corrected chi connectivity index (χ1v) is 6.55. The van der Waals surface area contributed by atoms with Gasteiger partial charge < -0.3 is 14.9 Å². The molecule has 0 bridgehead atoms. The van der Waals surface area contributed by atoms with Crippen molar-refractivity contribution < 1.29 is 9.90 Å². The third kappa shape index (κ3) is 3.30. The number of hydrogen-bond acceptors (Lipinski definition) is 4. The first kappa shape index (κ1) is 14.0. The number of likely N-dealkylation sites (tertiary alicyclic amines) is 1. The van der Waals surface area contributed by atoms with Gasteiger partial charge in [-0.3, -0.25) is 9.78 Å². The molecular formula is C14H21N3O2. The molecule has 1 amide bonds. The van der Waals surface area contributed by atoms with E-state index in [1.165, 1.54) is 0 Å². The van der Waals surface area contributed by atoms with E-state index >= 15 is 0 Å². The summed E-state index contributed by atoms with van der Waals surface area (Å²) in [4.78, 5) is 20.2. The summed E-state index contributed by atoms with van der Waals surface area (Å²) >= 11 is 0. The highest BCUT2D eigenvalue weighted by Crippen LogP contribution is 2.21. The molecule has 0 spiro atoms. The van der Waals surface area contributed by atoms with Crippen LogP contribution in [0.15, 0.2) is 24.5 Å². The van der Waals surface area contributed by atoms with Crippen molar-refractivity contribution in [2.75, 3.05) is 33.8 Å². The van der Waals surface area contributed by atoms with E-state index in [0.717, 1.165) is 5.56 Å². The van der Waals surface area contributed by atoms with Crippen LogP contribution < -0.4 is 0 Å². The number of amides is 1. The highest BCUT2D eigenvalue weighted by atomic mass is 16.3. The lowest BCUT2D eigenvalue weighted by Crippen LogP contribution is -2.37. The summed E-state index contributed by atoms with van der Waals surface area (Å²) < 4.78 is 0. The third-order valence-corrected chi connectivity index (χ3v) is 3.74. The van der Waals surface area contributed by atoms with E-state index in [1.807, 2.05) is 31.1 Å². The Morgan fingerprint density at radius 3 is 2.84 bits per heavy atom. The summed E-state index contributed by atoms with van der Waals surface area (Å²) in [5.41, 5.74) is 0.932. The van der Waals surface area contributed by atoms with Crippen molar-refractivity contribution in [1.29, 1.82) is 0 Å². The average molecular weight is 263 g/mol. The predicted molar refractivity (Wildman–Crippen MR) is 72.6 cm³/mol. The summed E-state index contributed by atoms with van der Waals surface area (Å²) in [5, 5.41) is 9.40. The molecule has 0 radical (unpaired) electrons. The maximum absolute atomic E-state index is 12.2. The Morgan fingerprint density at radius 2 is 2.32 bits per heavy atom. The normalized spacial score (nSPS) is 23.1. The Labute approximate surface area is 113 Å². The van der Waals surface area contributed by atoms with Gasteiger partial charge in [0.05, 0.1) is 6.42 Å². The smallest absolute Gasteiger partial charge is 0.227 e. The molecule has 0 unspecified atom stereocenters. The fraction of sp³-hybridized carbons (Fsp3) is 0.571. The standard InChI is InChI=1S/C14H21N3O2/c1-16(2)13-9-17(8-12(13)10-18)14(19)6-11-4-3-5-15-7-11/h3-5,7,12-13,18H,6,8-10H2,1-2H3/t12-,13+/m0/s1. The quantitative estimate of drug-likeness (QED) is 0.831. The second-order valence-corrected chi connectivity index (χ2v) is 5.31. The van der Waals surface area contributed by atoms with Gasteiger partial charge in [-0.2, -0.15) is 0 Å². The minimum absolute atomic E-state index is 0.107. The van der Waals surface area contributed by atoms with Crippen molar-refractivity contribution >= 4 is 5.91 Å². The number of aliphatic hydroxyl groups excluding tert-OH is 1. The molecule has 0 aromatic carbocycles. The van der Waals surface area contributed by atoms with E-state index in [9.17, 15) is 9.90 Å². The molecule has 1 aromatic rings. The van der Waals surface area contributed by atoms with Crippen LogP contribution in [0.25, 0.3) is 0 Å². The van der Waals surface area contributed by atoms with Gasteiger partial charge in [-0.05, 0) is 25.7 Å². The Bertz CT molecular complexity index is 422. The Hall–Kier alpha value is -1.46. The number of aliphatic hydroxyl groups is 1.